The predicted octanol–water partition coefficient (Wildman–Crippen LogP) is 0.431. The van der Waals surface area contributed by atoms with Crippen molar-refractivity contribution in [2.24, 2.45) is 10.9 Å². The Morgan fingerprint density at radius 3 is 2.79 bits per heavy atom. The fourth-order valence-corrected chi connectivity index (χ4v) is 1.30. The van der Waals surface area contributed by atoms with Gasteiger partial charge < -0.3 is 22.0 Å². The van der Waals surface area contributed by atoms with E-state index in [2.05, 4.69) is 25.4 Å². The summed E-state index contributed by atoms with van der Waals surface area (Å²) in [7, 11) is 0. The van der Waals surface area contributed by atoms with E-state index in [4.69, 9.17) is 16.7 Å². The number of nitrogens with zero attached hydrogens (tertiary/aromatic N) is 4. The Bertz CT molecular complexity index is 631. The Hall–Kier alpha value is -2.97. The molecule has 0 fully saturated rings. The van der Waals surface area contributed by atoms with Gasteiger partial charge in [-0.15, -0.1) is 0 Å². The molecule has 0 aliphatic rings. The van der Waals surface area contributed by atoms with E-state index in [0.717, 1.165) is 0 Å². The highest BCUT2D eigenvalue weighted by Crippen LogP contribution is 2.14. The quantitative estimate of drug-likeness (QED) is 0.273. The smallest absolute Gasteiger partial charge is 0.232 e. The van der Waals surface area contributed by atoms with Crippen LogP contribution in [0, 0.1) is 5.82 Å². The molecule has 2 aromatic rings. The average Bonchev–Trinajstić information content (AvgIpc) is 2.37. The Labute approximate surface area is 107 Å². The van der Waals surface area contributed by atoms with Crippen molar-refractivity contribution in [2.75, 3.05) is 11.1 Å². The van der Waals surface area contributed by atoms with Crippen molar-refractivity contribution in [3.63, 3.8) is 0 Å². The molecule has 0 atom stereocenters. The van der Waals surface area contributed by atoms with Crippen LogP contribution in [0.5, 0.6) is 0 Å². The molecule has 98 valence electrons. The highest BCUT2D eigenvalue weighted by atomic mass is 19.1. The van der Waals surface area contributed by atoms with Crippen LogP contribution in [0.15, 0.2) is 29.4 Å². The van der Waals surface area contributed by atoms with Crippen molar-refractivity contribution >= 4 is 23.4 Å². The Kier molecular flexibility index (Phi) is 3.37. The normalized spacial score (nSPS) is 11.3. The van der Waals surface area contributed by atoms with E-state index in [9.17, 15) is 4.39 Å². The summed E-state index contributed by atoms with van der Waals surface area (Å²) in [4.78, 5) is 11.4. The van der Waals surface area contributed by atoms with E-state index in [1.165, 1.54) is 18.2 Å². The first kappa shape index (κ1) is 12.5. The number of oxime groups is 1. The van der Waals surface area contributed by atoms with Gasteiger partial charge in [0.2, 0.25) is 23.6 Å². The van der Waals surface area contributed by atoms with Gasteiger partial charge in [0.05, 0.1) is 0 Å². The van der Waals surface area contributed by atoms with Crippen LogP contribution in [0.4, 0.5) is 22.0 Å². The second-order valence-electron chi connectivity index (χ2n) is 3.46. The molecule has 0 saturated carbocycles. The summed E-state index contributed by atoms with van der Waals surface area (Å²) in [5.41, 5.74) is 11.2. The van der Waals surface area contributed by atoms with E-state index in [0.29, 0.717) is 5.69 Å². The molecule has 1 aromatic carbocycles. The summed E-state index contributed by atoms with van der Waals surface area (Å²) >= 11 is 0. The van der Waals surface area contributed by atoms with E-state index < -0.39 is 5.82 Å². The summed E-state index contributed by atoms with van der Waals surface area (Å²) in [6, 6.07) is 5.69. The lowest BCUT2D eigenvalue weighted by Gasteiger charge is -2.06. The van der Waals surface area contributed by atoms with Crippen LogP contribution in [-0.2, 0) is 0 Å². The number of nitrogens with one attached hydrogen (secondary N) is 1. The SMILES string of the molecule is N/C(=N\O)c1nc(N)nc(Nc2cccc(F)c2)n1. The third-order valence-electron chi connectivity index (χ3n) is 2.07. The number of nitrogen functional groups attached to an aromatic ring is 1. The second kappa shape index (κ2) is 5.12. The van der Waals surface area contributed by atoms with Gasteiger partial charge in [0.25, 0.3) is 0 Å². The standard InChI is InChI=1S/C10H10FN7O/c11-5-2-1-3-6(4-5)14-10-16-8(7(12)18-19)15-9(13)17-10/h1-4,19H,(H2,12,18)(H3,13,14,15,16,17). The summed E-state index contributed by atoms with van der Waals surface area (Å²) in [6.07, 6.45) is 0. The molecule has 1 heterocycles. The van der Waals surface area contributed by atoms with Gasteiger partial charge in [0.1, 0.15) is 5.82 Å². The molecule has 0 aliphatic heterocycles. The first-order chi connectivity index (χ1) is 9.08. The highest BCUT2D eigenvalue weighted by Gasteiger charge is 2.08. The Morgan fingerprint density at radius 2 is 2.11 bits per heavy atom. The summed E-state index contributed by atoms with van der Waals surface area (Å²) < 4.78 is 13.0. The molecule has 0 amide bonds. The molecule has 0 unspecified atom stereocenters. The van der Waals surface area contributed by atoms with E-state index in [1.54, 1.807) is 6.07 Å². The Balaban J connectivity index is 2.33. The van der Waals surface area contributed by atoms with Crippen molar-refractivity contribution in [2.45, 2.75) is 0 Å². The van der Waals surface area contributed by atoms with Crippen LogP contribution in [0.3, 0.4) is 0 Å². The topological polar surface area (TPSA) is 135 Å². The summed E-state index contributed by atoms with van der Waals surface area (Å²) in [5, 5.41) is 14.0. The van der Waals surface area contributed by atoms with Gasteiger partial charge in [0.15, 0.2) is 0 Å². The zero-order chi connectivity index (χ0) is 13.8. The lowest BCUT2D eigenvalue weighted by molar-refractivity contribution is 0.318. The first-order valence-electron chi connectivity index (χ1n) is 5.10. The maximum Gasteiger partial charge on any atom is 0.232 e. The minimum Gasteiger partial charge on any atom is -0.409 e. The fraction of sp³-hybridized carbons (Fsp3) is 0. The zero-order valence-corrected chi connectivity index (χ0v) is 9.58. The molecule has 1 aromatic heterocycles. The number of rotatable bonds is 3. The monoisotopic (exact) mass is 263 g/mol. The molecule has 0 radical (unpaired) electrons. The zero-order valence-electron chi connectivity index (χ0n) is 9.58. The second-order valence-corrected chi connectivity index (χ2v) is 3.46. The van der Waals surface area contributed by atoms with Crippen molar-refractivity contribution in [3.05, 3.63) is 35.9 Å². The largest absolute Gasteiger partial charge is 0.409 e. The van der Waals surface area contributed by atoms with Gasteiger partial charge >= 0.3 is 0 Å². The maximum atomic E-state index is 13.0. The number of nitrogens with two attached hydrogens (primary N) is 2. The number of hydrogen-bond donors (Lipinski definition) is 4. The fourth-order valence-electron chi connectivity index (χ4n) is 1.30. The summed E-state index contributed by atoms with van der Waals surface area (Å²) in [6.45, 7) is 0. The van der Waals surface area contributed by atoms with Gasteiger partial charge in [-0.25, -0.2) is 4.39 Å². The van der Waals surface area contributed by atoms with Crippen LogP contribution in [0.2, 0.25) is 0 Å². The minimum absolute atomic E-state index is 0.0553. The molecule has 8 nitrogen and oxygen atoms in total. The van der Waals surface area contributed by atoms with Gasteiger partial charge in [-0.05, 0) is 18.2 Å². The molecule has 0 saturated heterocycles. The van der Waals surface area contributed by atoms with E-state index >= 15 is 0 Å². The number of anilines is 3. The predicted molar refractivity (Wildman–Crippen MR) is 66.4 cm³/mol. The number of benzene rings is 1. The van der Waals surface area contributed by atoms with Crippen molar-refractivity contribution in [3.8, 4) is 0 Å². The molecule has 19 heavy (non-hydrogen) atoms. The van der Waals surface area contributed by atoms with Gasteiger partial charge in [-0.3, -0.25) is 0 Å². The molecule has 0 bridgehead atoms. The van der Waals surface area contributed by atoms with E-state index in [-0.39, 0.29) is 23.6 Å². The highest BCUT2D eigenvalue weighted by molar-refractivity contribution is 5.93. The molecular formula is C10H10FN7O. The molecule has 2 rings (SSSR count). The number of aromatic nitrogens is 3. The lowest BCUT2D eigenvalue weighted by atomic mass is 10.3. The lowest BCUT2D eigenvalue weighted by Crippen LogP contribution is -2.19. The molecule has 6 N–H and O–H groups in total. The molecule has 0 spiro atoms. The third kappa shape index (κ3) is 3.03. The molecule has 0 aliphatic carbocycles. The number of hydrogen-bond acceptors (Lipinski definition) is 7. The minimum atomic E-state index is -0.413. The van der Waals surface area contributed by atoms with Crippen molar-refractivity contribution in [1.29, 1.82) is 0 Å². The summed E-state index contributed by atoms with van der Waals surface area (Å²) in [5.74, 6) is -0.871. The average molecular weight is 263 g/mol. The van der Waals surface area contributed by atoms with Gasteiger partial charge in [0, 0.05) is 5.69 Å². The van der Waals surface area contributed by atoms with Crippen LogP contribution in [0.25, 0.3) is 0 Å². The van der Waals surface area contributed by atoms with Crippen LogP contribution < -0.4 is 16.8 Å². The van der Waals surface area contributed by atoms with Gasteiger partial charge in [-0.2, -0.15) is 15.0 Å². The molecular weight excluding hydrogens is 253 g/mol. The molecule has 9 heteroatoms. The van der Waals surface area contributed by atoms with E-state index in [1.807, 2.05) is 0 Å². The van der Waals surface area contributed by atoms with Gasteiger partial charge in [-0.1, -0.05) is 11.2 Å². The third-order valence-corrected chi connectivity index (χ3v) is 2.07. The van der Waals surface area contributed by atoms with Crippen molar-refractivity contribution in [1.82, 2.24) is 15.0 Å². The van der Waals surface area contributed by atoms with Crippen LogP contribution in [0.1, 0.15) is 5.82 Å². The first-order valence-corrected chi connectivity index (χ1v) is 5.10. The van der Waals surface area contributed by atoms with Crippen LogP contribution >= 0.6 is 0 Å². The Morgan fingerprint density at radius 1 is 1.32 bits per heavy atom. The maximum absolute atomic E-state index is 13.0. The number of amidine groups is 1. The van der Waals surface area contributed by atoms with Crippen LogP contribution in [-0.4, -0.2) is 26.0 Å². The number of halogens is 1. The van der Waals surface area contributed by atoms with Crippen molar-refractivity contribution < 1.29 is 9.60 Å².